The van der Waals surface area contributed by atoms with Crippen LogP contribution in [0.4, 0.5) is 4.79 Å². The van der Waals surface area contributed by atoms with Gasteiger partial charge in [-0.15, -0.1) is 24.0 Å². The van der Waals surface area contributed by atoms with E-state index in [4.69, 9.17) is 9.73 Å². The number of nitrogens with one attached hydrogen (secondary N) is 1. The number of halogens is 1. The number of hydrogen-bond acceptors (Lipinski definition) is 7. The SMILES string of the molecule is CCN1CCN(CCCCNC2=NCC3CN(C(=O)OC(C)(C)C)CCN23)CC1.I. The summed E-state index contributed by atoms with van der Waals surface area (Å²) >= 11 is 0. The zero-order chi connectivity index (χ0) is 20.9. The Labute approximate surface area is 199 Å². The van der Waals surface area contributed by atoms with Gasteiger partial charge in [0.2, 0.25) is 0 Å². The Morgan fingerprint density at radius 1 is 1.10 bits per heavy atom. The maximum atomic E-state index is 12.3. The Hall–Kier alpha value is -0.810. The van der Waals surface area contributed by atoms with Crippen LogP contribution in [0.1, 0.15) is 40.5 Å². The van der Waals surface area contributed by atoms with E-state index >= 15 is 0 Å². The predicted octanol–water partition coefficient (Wildman–Crippen LogP) is 1.90. The summed E-state index contributed by atoms with van der Waals surface area (Å²) in [6, 6.07) is 0.272. The number of carbonyl (C=O) groups excluding carboxylic acids is 1. The molecule has 0 saturated carbocycles. The minimum atomic E-state index is -0.448. The van der Waals surface area contributed by atoms with Gasteiger partial charge >= 0.3 is 6.09 Å². The molecule has 3 aliphatic heterocycles. The molecule has 2 saturated heterocycles. The van der Waals surface area contributed by atoms with E-state index in [-0.39, 0.29) is 36.1 Å². The van der Waals surface area contributed by atoms with Crippen molar-refractivity contribution in [3.05, 3.63) is 0 Å². The molecule has 1 unspecified atom stereocenters. The molecule has 0 aromatic carbocycles. The fourth-order valence-electron chi connectivity index (χ4n) is 4.21. The summed E-state index contributed by atoms with van der Waals surface area (Å²) in [5, 5.41) is 3.53. The molecular formula is C21H41IN6O2. The van der Waals surface area contributed by atoms with Crippen LogP contribution in [0, 0.1) is 0 Å². The number of unbranched alkanes of at least 4 members (excludes halogenated alkanes) is 1. The highest BCUT2D eigenvalue weighted by molar-refractivity contribution is 14.0. The molecule has 174 valence electrons. The molecular weight excluding hydrogens is 495 g/mol. The van der Waals surface area contributed by atoms with E-state index in [0.29, 0.717) is 13.1 Å². The number of rotatable bonds is 6. The Balaban J connectivity index is 0.00000320. The van der Waals surface area contributed by atoms with Gasteiger partial charge in [0, 0.05) is 52.4 Å². The number of piperazine rings is 2. The lowest BCUT2D eigenvalue weighted by molar-refractivity contribution is 0.0137. The van der Waals surface area contributed by atoms with E-state index < -0.39 is 5.60 Å². The largest absolute Gasteiger partial charge is 0.444 e. The van der Waals surface area contributed by atoms with Gasteiger partial charge in [-0.25, -0.2) is 4.79 Å². The van der Waals surface area contributed by atoms with E-state index in [1.165, 1.54) is 45.7 Å². The standard InChI is InChI=1S/C21H40N6O2.HI/c1-5-24-10-12-25(13-11-24)9-7-6-8-22-19-23-16-18-17-26(14-15-27(18)19)20(28)29-21(2,3)4;/h18H,5-17H2,1-4H3,(H,22,23);1H. The highest BCUT2D eigenvalue weighted by Crippen LogP contribution is 2.18. The lowest BCUT2D eigenvalue weighted by Gasteiger charge is -2.39. The van der Waals surface area contributed by atoms with Crippen molar-refractivity contribution in [2.45, 2.75) is 52.2 Å². The van der Waals surface area contributed by atoms with Crippen LogP contribution >= 0.6 is 24.0 Å². The summed E-state index contributed by atoms with van der Waals surface area (Å²) in [6.45, 7) is 19.1. The number of nitrogens with zero attached hydrogens (tertiary/aromatic N) is 5. The summed E-state index contributed by atoms with van der Waals surface area (Å²) in [5.74, 6) is 1.01. The third-order valence-electron chi connectivity index (χ3n) is 5.95. The average molecular weight is 537 g/mol. The van der Waals surface area contributed by atoms with Crippen LogP contribution in [0.25, 0.3) is 0 Å². The van der Waals surface area contributed by atoms with E-state index in [0.717, 1.165) is 32.0 Å². The van der Waals surface area contributed by atoms with Gasteiger partial charge in [0.1, 0.15) is 5.60 Å². The van der Waals surface area contributed by atoms with Crippen molar-refractivity contribution in [1.82, 2.24) is 24.9 Å². The number of hydrogen-bond donors (Lipinski definition) is 1. The molecule has 30 heavy (non-hydrogen) atoms. The first kappa shape index (κ1) is 25.5. The molecule has 1 atom stereocenters. The van der Waals surface area contributed by atoms with Crippen LogP contribution < -0.4 is 5.32 Å². The van der Waals surface area contributed by atoms with Crippen molar-refractivity contribution in [3.63, 3.8) is 0 Å². The molecule has 0 aromatic rings. The van der Waals surface area contributed by atoms with Crippen LogP contribution in [0.5, 0.6) is 0 Å². The van der Waals surface area contributed by atoms with Gasteiger partial charge in [0.05, 0.1) is 12.6 Å². The molecule has 9 heteroatoms. The second-order valence-corrected chi connectivity index (χ2v) is 9.35. The van der Waals surface area contributed by atoms with Crippen molar-refractivity contribution in [2.24, 2.45) is 4.99 Å². The van der Waals surface area contributed by atoms with E-state index in [9.17, 15) is 4.79 Å². The van der Waals surface area contributed by atoms with Crippen molar-refractivity contribution < 1.29 is 9.53 Å². The van der Waals surface area contributed by atoms with Gasteiger partial charge in [-0.1, -0.05) is 6.92 Å². The molecule has 0 aliphatic carbocycles. The van der Waals surface area contributed by atoms with Crippen LogP contribution in [-0.4, -0.2) is 115 Å². The van der Waals surface area contributed by atoms with Gasteiger partial charge in [-0.05, 0) is 46.7 Å². The minimum Gasteiger partial charge on any atom is -0.444 e. The maximum absolute atomic E-state index is 12.3. The maximum Gasteiger partial charge on any atom is 0.410 e. The first-order valence-corrected chi connectivity index (χ1v) is 11.3. The van der Waals surface area contributed by atoms with Crippen molar-refractivity contribution in [1.29, 1.82) is 0 Å². The van der Waals surface area contributed by atoms with Crippen LogP contribution in [-0.2, 0) is 4.74 Å². The molecule has 0 aromatic heterocycles. The van der Waals surface area contributed by atoms with E-state index in [2.05, 4.69) is 26.9 Å². The number of likely N-dealkylation sites (N-methyl/N-ethyl adjacent to an activating group) is 1. The molecule has 0 spiro atoms. The molecule has 3 aliphatic rings. The van der Waals surface area contributed by atoms with Gasteiger partial charge in [-0.3, -0.25) is 4.99 Å². The summed E-state index contributed by atoms with van der Waals surface area (Å²) < 4.78 is 5.52. The minimum absolute atomic E-state index is 0. The first-order chi connectivity index (χ1) is 13.9. The quantitative estimate of drug-likeness (QED) is 0.414. The monoisotopic (exact) mass is 536 g/mol. The lowest BCUT2D eigenvalue weighted by atomic mass is 10.2. The van der Waals surface area contributed by atoms with Crippen LogP contribution in [0.3, 0.4) is 0 Å². The number of ether oxygens (including phenoxy) is 1. The number of amides is 1. The van der Waals surface area contributed by atoms with E-state index in [1.807, 2.05) is 25.7 Å². The third-order valence-corrected chi connectivity index (χ3v) is 5.95. The number of guanidine groups is 1. The second kappa shape index (κ2) is 11.7. The Bertz CT molecular complexity index is 574. The third kappa shape index (κ3) is 7.40. The summed E-state index contributed by atoms with van der Waals surface area (Å²) in [5.41, 5.74) is -0.448. The van der Waals surface area contributed by atoms with Gasteiger partial charge in [0.15, 0.2) is 5.96 Å². The zero-order valence-electron chi connectivity index (χ0n) is 19.2. The Morgan fingerprint density at radius 2 is 1.80 bits per heavy atom. The number of fused-ring (bicyclic) bond motifs is 1. The van der Waals surface area contributed by atoms with Crippen LogP contribution in [0.2, 0.25) is 0 Å². The normalized spacial score (nSPS) is 22.9. The molecule has 0 radical (unpaired) electrons. The van der Waals surface area contributed by atoms with Crippen molar-refractivity contribution in [3.8, 4) is 0 Å². The number of carbonyl (C=O) groups is 1. The fourth-order valence-corrected chi connectivity index (χ4v) is 4.21. The number of aliphatic imine (C=N–C) groups is 1. The predicted molar refractivity (Wildman–Crippen MR) is 132 cm³/mol. The van der Waals surface area contributed by atoms with Gasteiger partial charge < -0.3 is 29.7 Å². The average Bonchev–Trinajstić information content (AvgIpc) is 3.09. The first-order valence-electron chi connectivity index (χ1n) is 11.3. The molecule has 3 heterocycles. The Kier molecular flexibility index (Phi) is 9.93. The Morgan fingerprint density at radius 3 is 2.47 bits per heavy atom. The second-order valence-electron chi connectivity index (χ2n) is 9.35. The molecule has 8 nitrogen and oxygen atoms in total. The lowest BCUT2D eigenvalue weighted by Crippen LogP contribution is -2.57. The van der Waals surface area contributed by atoms with Gasteiger partial charge in [-0.2, -0.15) is 0 Å². The van der Waals surface area contributed by atoms with E-state index in [1.54, 1.807) is 0 Å². The highest BCUT2D eigenvalue weighted by Gasteiger charge is 2.36. The van der Waals surface area contributed by atoms with Crippen molar-refractivity contribution >= 4 is 36.0 Å². The summed E-state index contributed by atoms with van der Waals surface area (Å²) in [4.78, 5) is 26.3. The topological polar surface area (TPSA) is 63.6 Å². The van der Waals surface area contributed by atoms with Crippen LogP contribution in [0.15, 0.2) is 4.99 Å². The molecule has 3 rings (SSSR count). The summed E-state index contributed by atoms with van der Waals surface area (Å²) in [6.07, 6.45) is 2.18. The fraction of sp³-hybridized carbons (Fsp3) is 0.905. The smallest absolute Gasteiger partial charge is 0.410 e. The molecule has 0 bridgehead atoms. The molecule has 1 N–H and O–H groups in total. The van der Waals surface area contributed by atoms with Crippen molar-refractivity contribution in [2.75, 3.05) is 72.0 Å². The summed E-state index contributed by atoms with van der Waals surface area (Å²) in [7, 11) is 0. The molecule has 1 amide bonds. The zero-order valence-corrected chi connectivity index (χ0v) is 21.6. The highest BCUT2D eigenvalue weighted by atomic mass is 127. The molecule has 2 fully saturated rings. The van der Waals surface area contributed by atoms with Gasteiger partial charge in [0.25, 0.3) is 0 Å².